The average Bonchev–Trinajstić information content (AvgIpc) is 3.01. The molecule has 0 aromatic rings. The minimum absolute atomic E-state index is 0.191. The van der Waals surface area contributed by atoms with Gasteiger partial charge in [0.1, 0.15) is 18.3 Å². The van der Waals surface area contributed by atoms with Crippen molar-refractivity contribution in [3.63, 3.8) is 0 Å². The number of nitrogens with one attached hydrogen (secondary N) is 1. The molecule has 1 spiro atoms. The maximum absolute atomic E-state index is 13.3. The highest BCUT2D eigenvalue weighted by molar-refractivity contribution is 7.46. The second kappa shape index (κ2) is 13.2. The van der Waals surface area contributed by atoms with Crippen LogP contribution in [0.1, 0.15) is 77.0 Å². The summed E-state index contributed by atoms with van der Waals surface area (Å²) in [7, 11) is -4.85. The normalized spacial score (nSPS) is 33.3. The number of phosphoric acid groups is 1. The number of nitrogens with zero attached hydrogens (tertiary/aromatic N) is 1. The zero-order valence-corrected chi connectivity index (χ0v) is 21.3. The van der Waals surface area contributed by atoms with E-state index in [2.05, 4.69) is 21.7 Å². The summed E-state index contributed by atoms with van der Waals surface area (Å²) in [5, 5.41) is 23.6. The van der Waals surface area contributed by atoms with E-state index in [1.54, 1.807) is 6.08 Å². The first-order chi connectivity index (χ1) is 17.1. The van der Waals surface area contributed by atoms with Gasteiger partial charge in [-0.05, 0) is 12.8 Å². The number of aliphatic hydroxyl groups excluding tert-OH is 2. The highest BCUT2D eigenvalue weighted by Gasteiger charge is 2.53. The maximum atomic E-state index is 13.3. The van der Waals surface area contributed by atoms with Gasteiger partial charge in [-0.2, -0.15) is 0 Å². The lowest BCUT2D eigenvalue weighted by Crippen LogP contribution is -2.60. The molecule has 3 rings (SSSR count). The first-order valence-electron chi connectivity index (χ1n) is 12.6. The van der Waals surface area contributed by atoms with Gasteiger partial charge >= 0.3 is 13.9 Å². The minimum Gasteiger partial charge on any atom is -0.387 e. The summed E-state index contributed by atoms with van der Waals surface area (Å²) < 4.78 is 21.3. The third-order valence-electron chi connectivity index (χ3n) is 6.90. The predicted molar refractivity (Wildman–Crippen MR) is 129 cm³/mol. The third-order valence-corrected chi connectivity index (χ3v) is 7.39. The number of aliphatic hydroxyl groups is 2. The molecule has 0 bridgehead atoms. The molecular weight excluding hydrogens is 491 g/mol. The number of amides is 3. The van der Waals surface area contributed by atoms with Gasteiger partial charge in [0.25, 0.3) is 5.91 Å². The monoisotopic (exact) mass is 528 g/mol. The van der Waals surface area contributed by atoms with E-state index in [1.807, 2.05) is 0 Å². The summed E-state index contributed by atoms with van der Waals surface area (Å²) in [5.74, 6) is 5.69. The molecule has 0 radical (unpaired) electrons. The van der Waals surface area contributed by atoms with Crippen LogP contribution in [0.15, 0.2) is 12.2 Å². The Morgan fingerprint density at radius 2 is 1.67 bits per heavy atom. The van der Waals surface area contributed by atoms with E-state index in [4.69, 9.17) is 14.5 Å². The van der Waals surface area contributed by atoms with Crippen LogP contribution in [0.5, 0.6) is 0 Å². The Kier molecular flexibility index (Phi) is 10.5. The summed E-state index contributed by atoms with van der Waals surface area (Å²) in [6, 6.07) is -0.808. The molecule has 3 amide bonds. The number of carbonyl (C=O) groups excluding carboxylic acids is 2. The lowest BCUT2D eigenvalue weighted by atomic mass is 9.85. The summed E-state index contributed by atoms with van der Waals surface area (Å²) in [6.45, 7) is -0.698. The van der Waals surface area contributed by atoms with Crippen molar-refractivity contribution in [1.82, 2.24) is 10.2 Å². The summed E-state index contributed by atoms with van der Waals surface area (Å²) >= 11 is 0. The van der Waals surface area contributed by atoms with Crippen molar-refractivity contribution in [2.75, 3.05) is 6.61 Å². The largest absolute Gasteiger partial charge is 0.469 e. The van der Waals surface area contributed by atoms with Gasteiger partial charge in [0.2, 0.25) is 0 Å². The fourth-order valence-corrected chi connectivity index (χ4v) is 5.30. The maximum Gasteiger partial charge on any atom is 0.469 e. The fraction of sp³-hybridized carbons (Fsp3) is 0.750. The summed E-state index contributed by atoms with van der Waals surface area (Å²) in [5.41, 5.74) is -1.10. The van der Waals surface area contributed by atoms with Gasteiger partial charge in [-0.1, -0.05) is 57.4 Å². The molecule has 5 atom stereocenters. The minimum atomic E-state index is -4.85. The van der Waals surface area contributed by atoms with Crippen molar-refractivity contribution in [1.29, 1.82) is 0 Å². The second-order valence-electron chi connectivity index (χ2n) is 9.65. The van der Waals surface area contributed by atoms with Gasteiger partial charge in [-0.15, -0.1) is 11.8 Å². The van der Waals surface area contributed by atoms with Crippen LogP contribution < -0.4 is 5.32 Å². The third kappa shape index (κ3) is 7.86. The Morgan fingerprint density at radius 1 is 1.03 bits per heavy atom. The van der Waals surface area contributed by atoms with E-state index >= 15 is 0 Å². The van der Waals surface area contributed by atoms with Crippen LogP contribution >= 0.6 is 7.82 Å². The highest BCUT2D eigenvalue weighted by atomic mass is 31.2. The molecule has 2 heterocycles. The number of carbonyl (C=O) groups is 2. The summed E-state index contributed by atoms with van der Waals surface area (Å²) in [6.07, 6.45) is 7.85. The standard InChI is InChI=1S/C24H37N2O9P/c27-19-13-16-24(14-11-9-7-5-3-1-2-4-6-8-10-12-15-24)26(23(30)25-19)22-21(29)20(28)18(35-22)17-34-36(31,32)33/h13,16,18,20-22,28-29H,1-9,11,14-15,17H2,(H,25,27,30)(H2,31,32,33). The molecular formula is C24H37N2O9P. The van der Waals surface area contributed by atoms with Crippen molar-refractivity contribution < 1.29 is 43.4 Å². The van der Waals surface area contributed by atoms with Gasteiger partial charge in [0.05, 0.1) is 12.1 Å². The van der Waals surface area contributed by atoms with Gasteiger partial charge in [-0.25, -0.2) is 9.36 Å². The molecule has 5 N–H and O–H groups in total. The fourth-order valence-electron chi connectivity index (χ4n) is 4.96. The van der Waals surface area contributed by atoms with Crippen molar-refractivity contribution in [2.45, 2.75) is 107 Å². The molecule has 202 valence electrons. The number of rotatable bonds is 4. The van der Waals surface area contributed by atoms with Crippen LogP contribution in [-0.4, -0.2) is 73.5 Å². The zero-order chi connectivity index (χ0) is 26.2. The quantitative estimate of drug-likeness (QED) is 0.271. The predicted octanol–water partition coefficient (Wildman–Crippen LogP) is 2.09. The molecule has 5 unspecified atom stereocenters. The molecule has 11 nitrogen and oxygen atoms in total. The number of hydrogen-bond donors (Lipinski definition) is 5. The second-order valence-corrected chi connectivity index (χ2v) is 10.9. The molecule has 3 aliphatic rings. The van der Waals surface area contributed by atoms with Crippen molar-refractivity contribution in [2.24, 2.45) is 0 Å². The molecule has 1 saturated heterocycles. The van der Waals surface area contributed by atoms with Crippen LogP contribution in [0.2, 0.25) is 0 Å². The van der Waals surface area contributed by atoms with Crippen LogP contribution in [0.25, 0.3) is 0 Å². The Balaban J connectivity index is 1.91. The van der Waals surface area contributed by atoms with Gasteiger partial charge < -0.3 is 24.7 Å². The van der Waals surface area contributed by atoms with Crippen molar-refractivity contribution in [3.8, 4) is 11.8 Å². The van der Waals surface area contributed by atoms with Crippen molar-refractivity contribution >= 4 is 19.8 Å². The number of phosphoric ester groups is 1. The van der Waals surface area contributed by atoms with E-state index in [1.165, 1.54) is 30.2 Å². The molecule has 0 saturated carbocycles. The first-order valence-corrected chi connectivity index (χ1v) is 14.2. The van der Waals surface area contributed by atoms with E-state index in [0.717, 1.165) is 38.5 Å². The molecule has 1 aliphatic carbocycles. The number of ether oxygens (including phenoxy) is 1. The highest BCUT2D eigenvalue weighted by Crippen LogP contribution is 2.40. The average molecular weight is 529 g/mol. The Bertz CT molecular complexity index is 911. The molecule has 0 aromatic heterocycles. The van der Waals surface area contributed by atoms with Gasteiger partial charge in [0.15, 0.2) is 6.23 Å². The first kappa shape index (κ1) is 28.8. The van der Waals surface area contributed by atoms with Crippen LogP contribution in [0.3, 0.4) is 0 Å². The molecule has 2 aliphatic heterocycles. The SMILES string of the molecule is O=C1C=CC2(CC#CCCCCCCCCCCC2)N(C2OC(COP(=O)(O)O)C(O)C2O)C(=O)N1. The Hall–Kier alpha value is -1.77. The van der Waals surface area contributed by atoms with E-state index < -0.39 is 56.4 Å². The topological polar surface area (TPSA) is 166 Å². The molecule has 1 fully saturated rings. The van der Waals surface area contributed by atoms with Crippen LogP contribution in [-0.2, 0) is 18.6 Å². The van der Waals surface area contributed by atoms with E-state index in [0.29, 0.717) is 12.8 Å². The van der Waals surface area contributed by atoms with Crippen molar-refractivity contribution in [3.05, 3.63) is 12.2 Å². The summed E-state index contributed by atoms with van der Waals surface area (Å²) in [4.78, 5) is 44.8. The number of hydrogen-bond acceptors (Lipinski definition) is 7. The van der Waals surface area contributed by atoms with Gasteiger partial charge in [0, 0.05) is 18.9 Å². The molecule has 0 aromatic carbocycles. The van der Waals surface area contributed by atoms with E-state index in [-0.39, 0.29) is 6.42 Å². The lowest BCUT2D eigenvalue weighted by Gasteiger charge is -2.44. The molecule has 12 heteroatoms. The van der Waals surface area contributed by atoms with Crippen LogP contribution in [0.4, 0.5) is 4.79 Å². The Morgan fingerprint density at radius 3 is 2.33 bits per heavy atom. The number of imide groups is 1. The molecule has 36 heavy (non-hydrogen) atoms. The Labute approximate surface area is 211 Å². The number of urea groups is 1. The van der Waals surface area contributed by atoms with Gasteiger partial charge in [-0.3, -0.25) is 19.5 Å². The lowest BCUT2D eigenvalue weighted by molar-refractivity contribution is -0.117. The smallest absolute Gasteiger partial charge is 0.387 e. The van der Waals surface area contributed by atoms with Crippen LogP contribution in [0, 0.1) is 11.8 Å². The zero-order valence-electron chi connectivity index (χ0n) is 20.4. The van der Waals surface area contributed by atoms with E-state index in [9.17, 15) is 24.4 Å².